The molecule has 0 aliphatic rings. The third-order valence-corrected chi connectivity index (χ3v) is 3.56. The minimum Gasteiger partial charge on any atom is -0.334 e. The van der Waals surface area contributed by atoms with Crippen molar-refractivity contribution in [2.24, 2.45) is 0 Å². The molecule has 0 fully saturated rings. The number of pyridine rings is 1. The maximum atomic E-state index is 13.8. The molecule has 0 atom stereocenters. The molecule has 4 nitrogen and oxygen atoms in total. The van der Waals surface area contributed by atoms with Gasteiger partial charge in [-0.05, 0) is 18.2 Å². The number of nitrogens with one attached hydrogen (secondary N) is 1. The number of ketones is 1. The largest absolute Gasteiger partial charge is 0.334 e. The lowest BCUT2D eigenvalue weighted by Crippen LogP contribution is -2.05. The summed E-state index contributed by atoms with van der Waals surface area (Å²) in [5.74, 6) is -0.924. The molecule has 2 aromatic heterocycles. The number of benzene rings is 2. The number of rotatable bonds is 2. The first-order valence-electron chi connectivity index (χ1n) is 6.77. The molecule has 0 saturated heterocycles. The molecule has 1 N–H and O–H groups in total. The van der Waals surface area contributed by atoms with Crippen LogP contribution in [0.4, 0.5) is 4.39 Å². The van der Waals surface area contributed by atoms with Crippen LogP contribution in [0.2, 0.25) is 0 Å². The molecule has 2 aromatic carbocycles. The second-order valence-electron chi connectivity index (χ2n) is 4.93. The van der Waals surface area contributed by atoms with Gasteiger partial charge < -0.3 is 4.98 Å². The third-order valence-electron chi connectivity index (χ3n) is 3.56. The maximum absolute atomic E-state index is 13.8. The number of aromatic amines is 1. The van der Waals surface area contributed by atoms with E-state index in [0.717, 1.165) is 10.9 Å². The second-order valence-corrected chi connectivity index (χ2v) is 4.93. The van der Waals surface area contributed by atoms with E-state index in [4.69, 9.17) is 0 Å². The fourth-order valence-corrected chi connectivity index (χ4v) is 2.49. The zero-order chi connectivity index (χ0) is 15.1. The molecule has 22 heavy (non-hydrogen) atoms. The van der Waals surface area contributed by atoms with Gasteiger partial charge >= 0.3 is 0 Å². The summed E-state index contributed by atoms with van der Waals surface area (Å²) in [4.78, 5) is 24.0. The van der Waals surface area contributed by atoms with Gasteiger partial charge in [0.05, 0.1) is 22.8 Å². The normalized spacial score (nSPS) is 11.1. The highest BCUT2D eigenvalue weighted by Crippen LogP contribution is 2.22. The van der Waals surface area contributed by atoms with Crippen LogP contribution in [0.25, 0.3) is 21.9 Å². The fraction of sp³-hybridized carbons (Fsp3) is 0. The van der Waals surface area contributed by atoms with Crippen LogP contribution in [0, 0.1) is 5.82 Å². The van der Waals surface area contributed by atoms with Crippen molar-refractivity contribution >= 4 is 27.7 Å². The van der Waals surface area contributed by atoms with E-state index in [1.165, 1.54) is 12.1 Å². The van der Waals surface area contributed by atoms with Crippen LogP contribution in [-0.4, -0.2) is 20.7 Å². The molecule has 0 saturated carbocycles. The molecule has 0 bridgehead atoms. The number of hydrogen-bond donors (Lipinski definition) is 1. The molecule has 0 aliphatic heterocycles. The predicted octanol–water partition coefficient (Wildman–Crippen LogP) is 3.48. The first-order chi connectivity index (χ1) is 10.7. The molecule has 0 spiro atoms. The van der Waals surface area contributed by atoms with Gasteiger partial charge in [0.2, 0.25) is 5.78 Å². The van der Waals surface area contributed by atoms with Crippen molar-refractivity contribution in [3.8, 4) is 0 Å². The lowest BCUT2D eigenvalue weighted by Gasteiger charge is -1.98. The lowest BCUT2D eigenvalue weighted by atomic mass is 10.1. The summed E-state index contributed by atoms with van der Waals surface area (Å²) in [6.07, 6.45) is 1.63. The van der Waals surface area contributed by atoms with Crippen LogP contribution in [0.5, 0.6) is 0 Å². The van der Waals surface area contributed by atoms with Crippen molar-refractivity contribution in [2.75, 3.05) is 0 Å². The molecule has 4 aromatic rings. The van der Waals surface area contributed by atoms with Crippen LogP contribution < -0.4 is 0 Å². The maximum Gasteiger partial charge on any atom is 0.231 e. The quantitative estimate of drug-likeness (QED) is 0.575. The van der Waals surface area contributed by atoms with Gasteiger partial charge in [0.1, 0.15) is 11.3 Å². The van der Waals surface area contributed by atoms with Gasteiger partial charge in [-0.3, -0.25) is 9.78 Å². The Morgan fingerprint density at radius 3 is 2.68 bits per heavy atom. The zero-order valence-electron chi connectivity index (χ0n) is 11.4. The van der Waals surface area contributed by atoms with E-state index in [1.807, 2.05) is 24.3 Å². The van der Waals surface area contributed by atoms with Crippen molar-refractivity contribution in [3.05, 3.63) is 71.9 Å². The molecule has 0 aliphatic carbocycles. The van der Waals surface area contributed by atoms with E-state index in [-0.39, 0.29) is 11.4 Å². The summed E-state index contributed by atoms with van der Waals surface area (Å²) in [5.41, 5.74) is 2.11. The first-order valence-corrected chi connectivity index (χ1v) is 6.77. The third kappa shape index (κ3) is 1.87. The molecule has 5 heteroatoms. The Balaban J connectivity index is 1.91. The molecule has 4 rings (SSSR count). The monoisotopic (exact) mass is 291 g/mol. The van der Waals surface area contributed by atoms with Crippen molar-refractivity contribution in [1.82, 2.24) is 15.0 Å². The van der Waals surface area contributed by atoms with E-state index in [1.54, 1.807) is 18.3 Å². The van der Waals surface area contributed by atoms with E-state index in [9.17, 15) is 9.18 Å². The Morgan fingerprint density at radius 1 is 1.05 bits per heavy atom. The highest BCUT2D eigenvalue weighted by Gasteiger charge is 2.18. The minimum atomic E-state index is -0.559. The van der Waals surface area contributed by atoms with Crippen molar-refractivity contribution in [2.45, 2.75) is 0 Å². The van der Waals surface area contributed by atoms with Crippen molar-refractivity contribution < 1.29 is 9.18 Å². The molecular formula is C17H10FN3O. The summed E-state index contributed by atoms with van der Waals surface area (Å²) < 4.78 is 13.8. The number of fused-ring (bicyclic) bond motifs is 3. The fourth-order valence-electron chi connectivity index (χ4n) is 2.49. The van der Waals surface area contributed by atoms with Crippen LogP contribution in [0.15, 0.2) is 54.7 Å². The first kappa shape index (κ1) is 12.6. The molecule has 0 radical (unpaired) electrons. The molecule has 106 valence electrons. The molecule has 0 amide bonds. The Hall–Kier alpha value is -3.08. The number of carbonyl (C=O) groups excluding carboxylic acids is 1. The van der Waals surface area contributed by atoms with Gasteiger partial charge in [0, 0.05) is 5.39 Å². The smallest absolute Gasteiger partial charge is 0.231 e. The van der Waals surface area contributed by atoms with E-state index in [2.05, 4.69) is 15.0 Å². The highest BCUT2D eigenvalue weighted by molar-refractivity contribution is 6.10. The highest BCUT2D eigenvalue weighted by atomic mass is 19.1. The number of halogens is 1. The topological polar surface area (TPSA) is 58.6 Å². The minimum absolute atomic E-state index is 0.00109. The Bertz CT molecular complexity index is 1020. The summed E-state index contributed by atoms with van der Waals surface area (Å²) in [6, 6.07) is 13.4. The van der Waals surface area contributed by atoms with Gasteiger partial charge in [-0.2, -0.15) is 0 Å². The number of imidazole rings is 1. The number of aromatic nitrogens is 3. The average molecular weight is 291 g/mol. The molecule has 0 unspecified atom stereocenters. The SMILES string of the molecule is O=C(c1nc2c(cnc3ccccc32)[nH]1)c1ccccc1F. The lowest BCUT2D eigenvalue weighted by molar-refractivity contribution is 0.102. The summed E-state index contributed by atoms with van der Waals surface area (Å²) in [5, 5.41) is 0.851. The number of carbonyl (C=O) groups is 1. The molecule has 2 heterocycles. The van der Waals surface area contributed by atoms with E-state index >= 15 is 0 Å². The van der Waals surface area contributed by atoms with Gasteiger partial charge in [-0.15, -0.1) is 0 Å². The second kappa shape index (κ2) is 4.73. The standard InChI is InChI=1S/C17H10FN3O/c18-12-7-3-1-5-10(12)16(22)17-20-14-9-19-13-8-4-2-6-11(13)15(14)21-17/h1-9H,(H,20,21). The number of para-hydroxylation sites is 1. The predicted molar refractivity (Wildman–Crippen MR) is 81.2 cm³/mol. The zero-order valence-corrected chi connectivity index (χ0v) is 11.4. The van der Waals surface area contributed by atoms with Crippen LogP contribution in [-0.2, 0) is 0 Å². The van der Waals surface area contributed by atoms with Crippen LogP contribution >= 0.6 is 0 Å². The number of nitrogens with zero attached hydrogens (tertiary/aromatic N) is 2. The summed E-state index contributed by atoms with van der Waals surface area (Å²) in [7, 11) is 0. The van der Waals surface area contributed by atoms with Crippen LogP contribution in [0.3, 0.4) is 0 Å². The Kier molecular flexibility index (Phi) is 2.72. The number of hydrogen-bond acceptors (Lipinski definition) is 3. The summed E-state index contributed by atoms with van der Waals surface area (Å²) >= 11 is 0. The summed E-state index contributed by atoms with van der Waals surface area (Å²) in [6.45, 7) is 0. The van der Waals surface area contributed by atoms with Gasteiger partial charge in [-0.1, -0.05) is 30.3 Å². The molecular weight excluding hydrogens is 281 g/mol. The van der Waals surface area contributed by atoms with E-state index in [0.29, 0.717) is 11.0 Å². The van der Waals surface area contributed by atoms with Gasteiger partial charge in [-0.25, -0.2) is 9.37 Å². The number of H-pyrrole nitrogens is 1. The average Bonchev–Trinajstić information content (AvgIpc) is 2.99. The Labute approximate surface area is 124 Å². The van der Waals surface area contributed by atoms with E-state index < -0.39 is 11.6 Å². The van der Waals surface area contributed by atoms with Crippen molar-refractivity contribution in [3.63, 3.8) is 0 Å². The van der Waals surface area contributed by atoms with Crippen LogP contribution in [0.1, 0.15) is 16.2 Å². The van der Waals surface area contributed by atoms with Gasteiger partial charge in [0.25, 0.3) is 0 Å². The van der Waals surface area contributed by atoms with Crippen molar-refractivity contribution in [1.29, 1.82) is 0 Å². The van der Waals surface area contributed by atoms with Gasteiger partial charge in [0.15, 0.2) is 5.82 Å². The Morgan fingerprint density at radius 2 is 1.82 bits per heavy atom.